The van der Waals surface area contributed by atoms with Crippen LogP contribution < -0.4 is 9.64 Å². The summed E-state index contributed by atoms with van der Waals surface area (Å²) in [5.74, 6) is 0.169. The molecular weight excluding hydrogens is 326 g/mol. The van der Waals surface area contributed by atoms with Crippen molar-refractivity contribution in [3.8, 4) is 12.0 Å². The Morgan fingerprint density at radius 3 is 2.36 bits per heavy atom. The fourth-order valence-electron chi connectivity index (χ4n) is 2.32. The Balaban J connectivity index is 2.49. The summed E-state index contributed by atoms with van der Waals surface area (Å²) in [4.78, 5) is 26.8. The van der Waals surface area contributed by atoms with Gasteiger partial charge in [-0.3, -0.25) is 0 Å². The number of hydrogen-bond acceptors (Lipinski definition) is 9. The topological polar surface area (TPSA) is 108 Å². The number of nitrogens with zero attached hydrogens (tertiary/aromatic N) is 7. The van der Waals surface area contributed by atoms with E-state index in [9.17, 15) is 4.79 Å². The third kappa shape index (κ3) is 4.01. The predicted molar refractivity (Wildman–Crippen MR) is 90.2 cm³/mol. The molecule has 0 N–H and O–H groups in total. The predicted octanol–water partition coefficient (Wildman–Crippen LogP) is 1.18. The third-order valence-corrected chi connectivity index (χ3v) is 3.51. The lowest BCUT2D eigenvalue weighted by atomic mass is 10.3. The highest BCUT2D eigenvalue weighted by molar-refractivity contribution is 5.88. The van der Waals surface area contributed by atoms with Gasteiger partial charge in [0.1, 0.15) is 0 Å². The SMILES string of the molecule is CCCN(CCC)c1nc(OC)nc(-n2nnc(C(=O)OC)c2C)n1. The lowest BCUT2D eigenvalue weighted by molar-refractivity contribution is 0.0593. The molecule has 0 spiro atoms. The Labute approximate surface area is 146 Å². The molecule has 0 aliphatic heterocycles. The van der Waals surface area contributed by atoms with E-state index in [0.29, 0.717) is 11.6 Å². The summed E-state index contributed by atoms with van der Waals surface area (Å²) < 4.78 is 11.3. The average Bonchev–Trinajstić information content (AvgIpc) is 3.02. The highest BCUT2D eigenvalue weighted by Crippen LogP contribution is 2.17. The van der Waals surface area contributed by atoms with Crippen molar-refractivity contribution in [1.82, 2.24) is 29.9 Å². The van der Waals surface area contributed by atoms with Crippen LogP contribution in [0, 0.1) is 6.92 Å². The maximum atomic E-state index is 11.7. The van der Waals surface area contributed by atoms with E-state index >= 15 is 0 Å². The molecular formula is C15H23N7O3. The Morgan fingerprint density at radius 2 is 1.80 bits per heavy atom. The Kier molecular flexibility index (Phi) is 6.20. The van der Waals surface area contributed by atoms with Gasteiger partial charge in [-0.05, 0) is 19.8 Å². The fourth-order valence-corrected chi connectivity index (χ4v) is 2.32. The summed E-state index contributed by atoms with van der Waals surface area (Å²) in [6, 6.07) is 0.173. The van der Waals surface area contributed by atoms with Gasteiger partial charge >= 0.3 is 12.0 Å². The summed E-state index contributed by atoms with van der Waals surface area (Å²) in [5.41, 5.74) is 0.589. The largest absolute Gasteiger partial charge is 0.467 e. The van der Waals surface area contributed by atoms with E-state index in [1.165, 1.54) is 18.9 Å². The first kappa shape index (κ1) is 18.6. The molecule has 0 radical (unpaired) electrons. The minimum Gasteiger partial charge on any atom is -0.467 e. The van der Waals surface area contributed by atoms with Crippen molar-refractivity contribution in [3.63, 3.8) is 0 Å². The molecule has 0 aliphatic carbocycles. The van der Waals surface area contributed by atoms with Gasteiger partial charge in [0.25, 0.3) is 5.95 Å². The maximum Gasteiger partial charge on any atom is 0.360 e. The number of carbonyl (C=O) groups excluding carboxylic acids is 1. The Morgan fingerprint density at radius 1 is 1.12 bits per heavy atom. The van der Waals surface area contributed by atoms with Crippen molar-refractivity contribution < 1.29 is 14.3 Å². The van der Waals surface area contributed by atoms with Crippen LogP contribution in [0.25, 0.3) is 5.95 Å². The monoisotopic (exact) mass is 349 g/mol. The van der Waals surface area contributed by atoms with Crippen LogP contribution in [0.3, 0.4) is 0 Å². The minimum absolute atomic E-state index is 0.113. The molecule has 0 amide bonds. The highest BCUT2D eigenvalue weighted by Gasteiger charge is 2.21. The molecule has 0 atom stereocenters. The molecule has 2 rings (SSSR count). The molecule has 2 heterocycles. The van der Waals surface area contributed by atoms with Gasteiger partial charge in [-0.15, -0.1) is 5.10 Å². The number of anilines is 1. The first-order chi connectivity index (χ1) is 12.0. The molecule has 0 saturated heterocycles. The third-order valence-electron chi connectivity index (χ3n) is 3.51. The second-order valence-electron chi connectivity index (χ2n) is 5.34. The van der Waals surface area contributed by atoms with Gasteiger partial charge in [0.15, 0.2) is 5.69 Å². The Bertz CT molecular complexity index is 726. The van der Waals surface area contributed by atoms with Crippen molar-refractivity contribution >= 4 is 11.9 Å². The van der Waals surface area contributed by atoms with Crippen LogP contribution in [0.15, 0.2) is 0 Å². The first-order valence-electron chi connectivity index (χ1n) is 8.11. The lowest BCUT2D eigenvalue weighted by Gasteiger charge is -2.21. The molecule has 10 heteroatoms. The van der Waals surface area contributed by atoms with Crippen LogP contribution in [0.1, 0.15) is 42.9 Å². The summed E-state index contributed by atoms with van der Waals surface area (Å²) in [5, 5.41) is 7.81. The second-order valence-corrected chi connectivity index (χ2v) is 5.34. The van der Waals surface area contributed by atoms with Gasteiger partial charge in [0.05, 0.1) is 19.9 Å². The smallest absolute Gasteiger partial charge is 0.360 e. The van der Waals surface area contributed by atoms with Gasteiger partial charge < -0.3 is 14.4 Å². The van der Waals surface area contributed by atoms with Crippen molar-refractivity contribution in [1.29, 1.82) is 0 Å². The fraction of sp³-hybridized carbons (Fsp3) is 0.600. The van der Waals surface area contributed by atoms with Crippen molar-refractivity contribution in [2.75, 3.05) is 32.2 Å². The van der Waals surface area contributed by atoms with Gasteiger partial charge in [-0.1, -0.05) is 19.1 Å². The average molecular weight is 349 g/mol. The zero-order valence-corrected chi connectivity index (χ0v) is 15.2. The van der Waals surface area contributed by atoms with Gasteiger partial charge in [0, 0.05) is 13.1 Å². The van der Waals surface area contributed by atoms with Crippen molar-refractivity contribution in [2.45, 2.75) is 33.6 Å². The molecule has 25 heavy (non-hydrogen) atoms. The normalized spacial score (nSPS) is 10.6. The molecule has 0 aromatic carbocycles. The van der Waals surface area contributed by atoms with Gasteiger partial charge in [-0.25, -0.2) is 4.79 Å². The van der Waals surface area contributed by atoms with Crippen LogP contribution in [-0.2, 0) is 4.74 Å². The standard InChI is InChI=1S/C15H23N7O3/c1-6-8-21(9-7-2)13-16-14(18-15(17-13)25-5)22-10(3)11(19-20-22)12(23)24-4/h6-9H2,1-5H3. The van der Waals surface area contributed by atoms with Crippen molar-refractivity contribution in [3.05, 3.63) is 11.4 Å². The van der Waals surface area contributed by atoms with E-state index in [1.807, 2.05) is 0 Å². The number of hydrogen-bond donors (Lipinski definition) is 0. The van der Waals surface area contributed by atoms with E-state index in [-0.39, 0.29) is 17.7 Å². The molecule has 0 saturated carbocycles. The zero-order valence-electron chi connectivity index (χ0n) is 15.2. The Hall–Kier alpha value is -2.78. The van der Waals surface area contributed by atoms with E-state index in [2.05, 4.69) is 44.0 Å². The highest BCUT2D eigenvalue weighted by atomic mass is 16.5. The summed E-state index contributed by atoms with van der Waals surface area (Å²) in [6.45, 7) is 7.49. The summed E-state index contributed by atoms with van der Waals surface area (Å²) in [7, 11) is 2.78. The molecule has 0 aliphatic rings. The van der Waals surface area contributed by atoms with Crippen LogP contribution >= 0.6 is 0 Å². The summed E-state index contributed by atoms with van der Waals surface area (Å²) in [6.07, 6.45) is 1.91. The number of rotatable bonds is 8. The van der Waals surface area contributed by atoms with Crippen LogP contribution in [0.4, 0.5) is 5.95 Å². The minimum atomic E-state index is -0.566. The number of aromatic nitrogens is 6. The van der Waals surface area contributed by atoms with Crippen LogP contribution in [-0.4, -0.2) is 63.2 Å². The van der Waals surface area contributed by atoms with E-state index < -0.39 is 5.97 Å². The number of esters is 1. The lowest BCUT2D eigenvalue weighted by Crippen LogP contribution is -2.28. The van der Waals surface area contributed by atoms with E-state index in [0.717, 1.165) is 25.9 Å². The molecule has 0 bridgehead atoms. The second kappa shape index (κ2) is 8.36. The molecule has 2 aromatic rings. The van der Waals surface area contributed by atoms with Gasteiger partial charge in [0.2, 0.25) is 5.95 Å². The van der Waals surface area contributed by atoms with Gasteiger partial charge in [-0.2, -0.15) is 19.6 Å². The molecule has 0 fully saturated rings. The molecule has 10 nitrogen and oxygen atoms in total. The molecule has 0 unspecified atom stereocenters. The number of ether oxygens (including phenoxy) is 2. The molecule has 136 valence electrons. The first-order valence-corrected chi connectivity index (χ1v) is 8.11. The summed E-state index contributed by atoms with van der Waals surface area (Å²) >= 11 is 0. The van der Waals surface area contributed by atoms with Crippen LogP contribution in [0.5, 0.6) is 6.01 Å². The van der Waals surface area contributed by atoms with Crippen LogP contribution in [0.2, 0.25) is 0 Å². The van der Waals surface area contributed by atoms with Crippen molar-refractivity contribution in [2.24, 2.45) is 0 Å². The molecule has 2 aromatic heterocycles. The number of methoxy groups -OCH3 is 2. The quantitative estimate of drug-likeness (QED) is 0.649. The van der Waals surface area contributed by atoms with E-state index in [1.54, 1.807) is 6.92 Å². The van der Waals surface area contributed by atoms with E-state index in [4.69, 9.17) is 9.47 Å². The number of carbonyl (C=O) groups is 1. The maximum absolute atomic E-state index is 11.7. The zero-order chi connectivity index (χ0) is 18.4.